The van der Waals surface area contributed by atoms with Gasteiger partial charge in [0.05, 0.1) is 40.4 Å². The van der Waals surface area contributed by atoms with Crippen LogP contribution < -0.4 is 10.1 Å². The van der Waals surface area contributed by atoms with Crippen molar-refractivity contribution in [1.29, 1.82) is 0 Å². The molecule has 1 aromatic rings. The van der Waals surface area contributed by atoms with Gasteiger partial charge in [-0.05, 0) is 30.5 Å². The third-order valence-corrected chi connectivity index (χ3v) is 12.0. The normalized spacial score (nSPS) is 13.5. The molecule has 6 nitrogen and oxygen atoms in total. The molecule has 0 bridgehead atoms. The van der Waals surface area contributed by atoms with E-state index in [9.17, 15) is 4.79 Å². The van der Waals surface area contributed by atoms with E-state index >= 15 is 0 Å². The molecule has 0 aliphatic carbocycles. The first-order valence-electron chi connectivity index (χ1n) is 24.5. The lowest BCUT2D eigenvalue weighted by Crippen LogP contribution is -2.49. The number of guanidine groups is 1. The Labute approximate surface area is 347 Å². The number of carbonyl (C=O) groups is 1. The van der Waals surface area contributed by atoms with Crippen LogP contribution in [0, 0.1) is 0 Å². The smallest absolute Gasteiger partial charge is 0.348 e. The standard InChI is InChI=1S/C50H91N3O3/c1-5-7-9-11-13-15-17-19-21-23-25-27-29-31-33-35-43-55-47-39-37-46(38-40-47)45-48(51-50-52(3)41-42-53(50)4)49(54)56-44-36-34-32-30-28-26-24-22-20-18-16-14-12-10-8-6-2/h37-40,48H,5-36,41-45H2,1-4H3/p+1/t48-/m0/s1. The molecule has 56 heavy (non-hydrogen) atoms. The number of nitrogens with zero attached hydrogens (tertiary/aromatic N) is 2. The largest absolute Gasteiger partial charge is 0.494 e. The van der Waals surface area contributed by atoms with E-state index in [2.05, 4.69) is 67.0 Å². The van der Waals surface area contributed by atoms with Crippen LogP contribution in [0.2, 0.25) is 0 Å². The molecule has 2 rings (SSSR count). The summed E-state index contributed by atoms with van der Waals surface area (Å²) in [5.74, 6) is 1.75. The number of ether oxygens (including phenoxy) is 2. The topological polar surface area (TPSA) is 53.8 Å². The van der Waals surface area contributed by atoms with E-state index in [-0.39, 0.29) is 5.97 Å². The van der Waals surface area contributed by atoms with Crippen LogP contribution in [0.4, 0.5) is 0 Å². The fourth-order valence-electron chi connectivity index (χ4n) is 8.09. The number of rotatable bonds is 39. The van der Waals surface area contributed by atoms with Gasteiger partial charge < -0.3 is 9.47 Å². The van der Waals surface area contributed by atoms with Gasteiger partial charge in [-0.3, -0.25) is 14.8 Å². The van der Waals surface area contributed by atoms with Gasteiger partial charge in [0.1, 0.15) is 5.75 Å². The van der Waals surface area contributed by atoms with Gasteiger partial charge in [0, 0.05) is 6.42 Å². The molecule has 324 valence electrons. The highest BCUT2D eigenvalue weighted by molar-refractivity contribution is 5.84. The van der Waals surface area contributed by atoms with Gasteiger partial charge in [0.25, 0.3) is 0 Å². The van der Waals surface area contributed by atoms with Crippen LogP contribution >= 0.6 is 0 Å². The Balaban J connectivity index is 1.55. The van der Waals surface area contributed by atoms with E-state index in [0.717, 1.165) is 56.2 Å². The van der Waals surface area contributed by atoms with Gasteiger partial charge in [0.2, 0.25) is 0 Å². The molecule has 6 heteroatoms. The number of hydrogen-bond acceptors (Lipinski definition) is 5. The van der Waals surface area contributed by atoms with Crippen molar-refractivity contribution in [1.82, 2.24) is 10.2 Å². The molecule has 0 unspecified atom stereocenters. The summed E-state index contributed by atoms with van der Waals surface area (Å²) in [6.07, 6.45) is 44.1. The van der Waals surface area contributed by atoms with Crippen LogP contribution in [0.25, 0.3) is 0 Å². The highest BCUT2D eigenvalue weighted by Gasteiger charge is 2.31. The summed E-state index contributed by atoms with van der Waals surface area (Å²) in [6.45, 7) is 7.76. The highest BCUT2D eigenvalue weighted by atomic mass is 16.5. The highest BCUT2D eigenvalue weighted by Crippen LogP contribution is 2.18. The Morgan fingerprint density at radius 3 is 1.34 bits per heavy atom. The second kappa shape index (κ2) is 35.9. The predicted molar refractivity (Wildman–Crippen MR) is 241 cm³/mol. The van der Waals surface area contributed by atoms with E-state index in [1.807, 2.05) is 0 Å². The SMILES string of the molecule is CCCCCCCCCCCCCCCCCCOC(=O)[C@H](Cc1ccc(OCCCCCCCCCCCCCCCCCC)cc1)NC1=[N+](C)CCN1C. The van der Waals surface area contributed by atoms with Crippen molar-refractivity contribution in [3.05, 3.63) is 29.8 Å². The molecule has 1 aromatic carbocycles. The molecule has 0 aromatic heterocycles. The van der Waals surface area contributed by atoms with Crippen molar-refractivity contribution in [3.8, 4) is 5.75 Å². The zero-order valence-corrected chi connectivity index (χ0v) is 37.7. The Morgan fingerprint density at radius 2 is 0.964 bits per heavy atom. The molecular formula is C50H92N3O3+. The van der Waals surface area contributed by atoms with Crippen molar-refractivity contribution in [2.45, 2.75) is 232 Å². The van der Waals surface area contributed by atoms with Crippen molar-refractivity contribution < 1.29 is 18.8 Å². The van der Waals surface area contributed by atoms with Gasteiger partial charge in [-0.25, -0.2) is 4.79 Å². The molecule has 0 spiro atoms. The Morgan fingerprint density at radius 1 is 0.589 bits per heavy atom. The third-order valence-electron chi connectivity index (χ3n) is 12.0. The van der Waals surface area contributed by atoms with Crippen molar-refractivity contribution in [3.63, 3.8) is 0 Å². The summed E-state index contributed by atoms with van der Waals surface area (Å²) in [5.41, 5.74) is 1.11. The molecule has 1 aliphatic heterocycles. The van der Waals surface area contributed by atoms with Crippen LogP contribution in [0.1, 0.15) is 225 Å². The van der Waals surface area contributed by atoms with Crippen LogP contribution in [-0.4, -0.2) is 67.8 Å². The average Bonchev–Trinajstić information content (AvgIpc) is 3.52. The summed E-state index contributed by atoms with van der Waals surface area (Å²) >= 11 is 0. The van der Waals surface area contributed by atoms with Gasteiger partial charge in [-0.15, -0.1) is 0 Å². The first kappa shape index (κ1) is 49.9. The maximum Gasteiger partial charge on any atom is 0.348 e. The van der Waals surface area contributed by atoms with E-state index in [1.54, 1.807) is 0 Å². The zero-order chi connectivity index (χ0) is 40.2. The van der Waals surface area contributed by atoms with Crippen LogP contribution in [0.15, 0.2) is 24.3 Å². The second-order valence-corrected chi connectivity index (χ2v) is 17.3. The summed E-state index contributed by atoms with van der Waals surface area (Å²) in [6, 6.07) is 7.90. The molecular weight excluding hydrogens is 691 g/mol. The summed E-state index contributed by atoms with van der Waals surface area (Å²) in [7, 11) is 4.16. The van der Waals surface area contributed by atoms with Crippen molar-refractivity contribution in [2.75, 3.05) is 40.4 Å². The van der Waals surface area contributed by atoms with E-state index in [1.165, 1.54) is 186 Å². The third kappa shape index (κ3) is 26.6. The fraction of sp³-hybridized carbons (Fsp3) is 0.840. The predicted octanol–water partition coefficient (Wildman–Crippen LogP) is 13.6. The van der Waals surface area contributed by atoms with Gasteiger partial charge >= 0.3 is 11.9 Å². The molecule has 0 saturated carbocycles. The fourth-order valence-corrected chi connectivity index (χ4v) is 8.09. The lowest BCUT2D eigenvalue weighted by atomic mass is 10.0. The molecule has 1 heterocycles. The lowest BCUT2D eigenvalue weighted by Gasteiger charge is -2.18. The number of esters is 1. The Kier molecular flexibility index (Phi) is 32.0. The van der Waals surface area contributed by atoms with Gasteiger partial charge in [-0.1, -0.05) is 219 Å². The first-order valence-corrected chi connectivity index (χ1v) is 24.5. The summed E-state index contributed by atoms with van der Waals surface area (Å²) < 4.78 is 14.1. The van der Waals surface area contributed by atoms with E-state index in [4.69, 9.17) is 9.47 Å². The summed E-state index contributed by atoms with van der Waals surface area (Å²) in [5, 5.41) is 3.53. The first-order chi connectivity index (χ1) is 27.5. The minimum Gasteiger partial charge on any atom is -0.494 e. The number of unbranched alkanes of at least 4 members (excludes halogenated alkanes) is 30. The molecule has 1 aliphatic rings. The van der Waals surface area contributed by atoms with Gasteiger partial charge in [0.15, 0.2) is 6.04 Å². The number of likely N-dealkylation sites (N-methyl/N-ethyl adjacent to an activating group) is 2. The number of nitrogens with one attached hydrogen (secondary N) is 1. The molecule has 0 amide bonds. The monoisotopic (exact) mass is 783 g/mol. The lowest BCUT2D eigenvalue weighted by molar-refractivity contribution is -0.488. The molecule has 1 atom stereocenters. The van der Waals surface area contributed by atoms with Gasteiger partial charge in [-0.2, -0.15) is 0 Å². The maximum atomic E-state index is 13.4. The molecule has 1 N–H and O–H groups in total. The number of benzene rings is 1. The van der Waals surface area contributed by atoms with E-state index in [0.29, 0.717) is 13.0 Å². The molecule has 0 saturated heterocycles. The maximum absolute atomic E-state index is 13.4. The number of carbonyl (C=O) groups excluding carboxylic acids is 1. The van der Waals surface area contributed by atoms with Crippen LogP contribution in [0.3, 0.4) is 0 Å². The quantitative estimate of drug-likeness (QED) is 0.0409. The Hall–Kier alpha value is -2.24. The zero-order valence-electron chi connectivity index (χ0n) is 37.7. The second-order valence-electron chi connectivity index (χ2n) is 17.3. The van der Waals surface area contributed by atoms with Crippen molar-refractivity contribution in [2.24, 2.45) is 0 Å². The van der Waals surface area contributed by atoms with Crippen molar-refractivity contribution >= 4 is 11.9 Å². The average molecular weight is 783 g/mol. The summed E-state index contributed by atoms with van der Waals surface area (Å²) in [4.78, 5) is 15.6. The number of hydrogen-bond donors (Lipinski definition) is 1. The molecule has 0 fully saturated rings. The minimum absolute atomic E-state index is 0.156. The molecule has 0 radical (unpaired) electrons. The minimum atomic E-state index is -0.425. The van der Waals surface area contributed by atoms with Crippen LogP contribution in [0.5, 0.6) is 5.75 Å². The van der Waals surface area contributed by atoms with E-state index < -0.39 is 6.04 Å². The van der Waals surface area contributed by atoms with Crippen LogP contribution in [-0.2, 0) is 16.0 Å². The Bertz CT molecular complexity index is 1070.